The maximum absolute atomic E-state index is 14.0. The van der Waals surface area contributed by atoms with Gasteiger partial charge in [-0.3, -0.25) is 9.42 Å². The van der Waals surface area contributed by atoms with Gasteiger partial charge in [0.1, 0.15) is 59.6 Å². The van der Waals surface area contributed by atoms with Crippen LogP contribution < -0.4 is 14.0 Å². The van der Waals surface area contributed by atoms with Crippen molar-refractivity contribution in [2.45, 2.75) is 121 Å². The molecule has 4 heterocycles. The van der Waals surface area contributed by atoms with Crippen molar-refractivity contribution >= 4 is 13.8 Å². The van der Waals surface area contributed by atoms with Crippen LogP contribution in [-0.2, 0) is 47.8 Å². The second kappa shape index (κ2) is 14.1. The molecule has 55 heavy (non-hydrogen) atoms. The van der Waals surface area contributed by atoms with Gasteiger partial charge in [0.05, 0.1) is 12.2 Å². The topological polar surface area (TPSA) is 156 Å². The van der Waals surface area contributed by atoms with Crippen molar-refractivity contribution in [3.05, 3.63) is 82.9 Å². The summed E-state index contributed by atoms with van der Waals surface area (Å²) in [4.78, 5) is 24.7. The van der Waals surface area contributed by atoms with Crippen LogP contribution in [0.4, 0.5) is 0 Å². The molecule has 1 aliphatic carbocycles. The Kier molecular flexibility index (Phi) is 9.84. The van der Waals surface area contributed by atoms with Gasteiger partial charge in [0.25, 0.3) is 0 Å². The first-order valence-corrected chi connectivity index (χ1v) is 20.2. The van der Waals surface area contributed by atoms with Crippen LogP contribution in [0.2, 0.25) is 0 Å². The van der Waals surface area contributed by atoms with Gasteiger partial charge in [0.2, 0.25) is 0 Å². The zero-order valence-corrected chi connectivity index (χ0v) is 32.7. The first-order valence-electron chi connectivity index (χ1n) is 18.8. The summed E-state index contributed by atoms with van der Waals surface area (Å²) in [5.41, 5.74) is 0.804. The van der Waals surface area contributed by atoms with E-state index in [1.54, 1.807) is 58.9 Å². The molecule has 1 spiro atoms. The number of phosphoric ester groups is 1. The molecule has 0 radical (unpaired) electrons. The summed E-state index contributed by atoms with van der Waals surface area (Å²) in [6.45, 7) is 13.6. The minimum Gasteiger partial charge on any atom is -0.493 e. The molecule has 8 rings (SSSR count). The van der Waals surface area contributed by atoms with E-state index in [1.165, 1.54) is 12.1 Å². The number of carbonyl (C=O) groups excluding carboxylic acids is 1. The fraction of sp³-hybridized carbons (Fsp3) is 0.525. The van der Waals surface area contributed by atoms with E-state index in [9.17, 15) is 14.3 Å². The molecule has 9 atom stereocenters. The van der Waals surface area contributed by atoms with Gasteiger partial charge in [-0.2, -0.15) is 0 Å². The van der Waals surface area contributed by atoms with Crippen molar-refractivity contribution in [1.29, 1.82) is 0 Å². The van der Waals surface area contributed by atoms with Gasteiger partial charge in [-0.05, 0) is 78.3 Å². The number of phosphoric acid groups is 1. The molecule has 5 aliphatic rings. The molecule has 2 saturated heterocycles. The highest BCUT2D eigenvalue weighted by atomic mass is 31.2. The van der Waals surface area contributed by atoms with Gasteiger partial charge in [-0.1, -0.05) is 31.5 Å². The van der Waals surface area contributed by atoms with Gasteiger partial charge in [-0.25, -0.2) is 9.36 Å². The Bertz CT molecular complexity index is 1970. The zero-order valence-electron chi connectivity index (χ0n) is 31.8. The lowest BCUT2D eigenvalue weighted by molar-refractivity contribution is -0.239. The Morgan fingerprint density at radius 3 is 2.00 bits per heavy atom. The highest BCUT2D eigenvalue weighted by Crippen LogP contribution is 2.58. The van der Waals surface area contributed by atoms with Crippen LogP contribution >= 0.6 is 7.82 Å². The third kappa shape index (κ3) is 6.96. The molecule has 296 valence electrons. The zero-order chi connectivity index (χ0) is 38.9. The van der Waals surface area contributed by atoms with E-state index < -0.39 is 73.9 Å². The minimum absolute atomic E-state index is 0.0420. The van der Waals surface area contributed by atoms with E-state index in [0.717, 1.165) is 12.8 Å². The number of rotatable bonds is 12. The highest BCUT2D eigenvalue weighted by molar-refractivity contribution is 7.47. The number of carbonyl (C=O) groups is 1. The van der Waals surface area contributed by atoms with Crippen LogP contribution in [-0.4, -0.2) is 78.6 Å². The molecule has 1 N–H and O–H groups in total. The fourth-order valence-corrected chi connectivity index (χ4v) is 9.19. The average molecular weight is 783 g/mol. The Balaban J connectivity index is 1.11. The summed E-state index contributed by atoms with van der Waals surface area (Å²) in [7, 11) is -4.94. The van der Waals surface area contributed by atoms with Gasteiger partial charge in [-0.15, -0.1) is 0 Å². The molecule has 4 aliphatic heterocycles. The first kappa shape index (κ1) is 38.3. The van der Waals surface area contributed by atoms with Crippen LogP contribution in [0.1, 0.15) is 88.4 Å². The second-order valence-corrected chi connectivity index (χ2v) is 16.4. The lowest BCUT2D eigenvalue weighted by atomic mass is 9.77. The van der Waals surface area contributed by atoms with Gasteiger partial charge >= 0.3 is 13.8 Å². The lowest BCUT2D eigenvalue weighted by Crippen LogP contribution is -2.63. The lowest BCUT2D eigenvalue weighted by Gasteiger charge is -2.43. The number of esters is 1. The summed E-state index contributed by atoms with van der Waals surface area (Å²) in [5, 5.41) is 0. The third-order valence-electron chi connectivity index (χ3n) is 10.3. The predicted octanol–water partition coefficient (Wildman–Crippen LogP) is 7.12. The summed E-state index contributed by atoms with van der Waals surface area (Å²) >= 11 is 0. The number of unbranched alkanes of at least 4 members (excludes halogenated alkanes) is 1. The maximum atomic E-state index is 14.0. The normalized spacial score (nSPS) is 30.9. The highest BCUT2D eigenvalue weighted by Gasteiger charge is 2.66. The van der Waals surface area contributed by atoms with E-state index in [2.05, 4.69) is 6.92 Å². The molecule has 0 bridgehead atoms. The molecule has 3 aromatic rings. The molecule has 15 heteroatoms. The van der Waals surface area contributed by atoms with E-state index in [4.69, 9.17) is 51.7 Å². The number of fused-ring (bicyclic) bond motifs is 8. The number of hydrogen-bond acceptors (Lipinski definition) is 13. The van der Waals surface area contributed by atoms with Crippen LogP contribution in [0.15, 0.2) is 60.7 Å². The summed E-state index contributed by atoms with van der Waals surface area (Å²) in [6, 6.07) is 17.2. The molecule has 3 fully saturated rings. The third-order valence-corrected chi connectivity index (χ3v) is 11.2. The molecule has 3 unspecified atom stereocenters. The summed E-state index contributed by atoms with van der Waals surface area (Å²) < 4.78 is 81.5. The number of hydrogen-bond donors (Lipinski definition) is 1. The van der Waals surface area contributed by atoms with E-state index in [0.29, 0.717) is 47.0 Å². The SMILES string of the molecule is CCCCOc1ccc2c(c1)Oc1cc(OP(=O)(O)OC3[C@@H]4OC(C)(C)O[C@@H]4C(O[C@@H](C)OCC)[C@@H]4OC(C)(C)O[C@@H]34)ccc1[C@]21OC(=O)c2ccccc21. The Morgan fingerprint density at radius 1 is 0.800 bits per heavy atom. The van der Waals surface area contributed by atoms with Gasteiger partial charge < -0.3 is 47.2 Å². The molecule has 3 aromatic carbocycles. The van der Waals surface area contributed by atoms with E-state index in [1.807, 2.05) is 31.2 Å². The fourth-order valence-electron chi connectivity index (χ4n) is 8.22. The predicted molar refractivity (Wildman–Crippen MR) is 194 cm³/mol. The summed E-state index contributed by atoms with van der Waals surface area (Å²) in [6.07, 6.45) is -4.05. The number of benzene rings is 3. The van der Waals surface area contributed by atoms with Crippen molar-refractivity contribution in [3.63, 3.8) is 0 Å². The van der Waals surface area contributed by atoms with Crippen LogP contribution in [0.3, 0.4) is 0 Å². The molecule has 0 amide bonds. The molecule has 14 nitrogen and oxygen atoms in total. The number of ether oxygens (including phenoxy) is 9. The average Bonchev–Trinajstić information content (AvgIpc) is 3.73. The monoisotopic (exact) mass is 782 g/mol. The minimum atomic E-state index is -4.94. The standard InChI is InChI=1S/C40H47O14P/c1-8-10-19-45-23-15-17-27-29(20-23)47-30-21-24(16-18-28(30)40(27)26-14-12-11-13-25(26)37(41)52-40)53-55(42,43)54-36-34-32(48-38(4,5)50-34)31(46-22(3)44-9-2)33-35(36)51-39(6,7)49-33/h11-18,20-22,31-36H,8-10,19H2,1-7H3,(H,42,43)/t22-,31?,32-,33+,34+,35+,36?,40+/m0/s1. The van der Waals surface area contributed by atoms with Crippen molar-refractivity contribution in [3.8, 4) is 23.0 Å². The van der Waals surface area contributed by atoms with Crippen LogP contribution in [0.5, 0.6) is 23.0 Å². The second-order valence-electron chi connectivity index (χ2n) is 15.1. The van der Waals surface area contributed by atoms with Crippen LogP contribution in [0, 0.1) is 0 Å². The van der Waals surface area contributed by atoms with E-state index in [-0.39, 0.29) is 11.5 Å². The Morgan fingerprint density at radius 2 is 1.38 bits per heavy atom. The molecule has 1 saturated carbocycles. The van der Waals surface area contributed by atoms with Crippen molar-refractivity contribution in [2.75, 3.05) is 13.2 Å². The van der Waals surface area contributed by atoms with Crippen LogP contribution in [0.25, 0.3) is 0 Å². The quantitative estimate of drug-likeness (QED) is 0.0858. The Hall–Kier alpha value is -3.56. The molecular formula is C40H47O14P. The summed E-state index contributed by atoms with van der Waals surface area (Å²) in [5.74, 6) is -1.50. The maximum Gasteiger partial charge on any atom is 0.527 e. The van der Waals surface area contributed by atoms with Crippen molar-refractivity contribution in [2.24, 2.45) is 0 Å². The first-order chi connectivity index (χ1) is 26.1. The van der Waals surface area contributed by atoms with E-state index >= 15 is 0 Å². The molecular weight excluding hydrogens is 735 g/mol. The van der Waals surface area contributed by atoms with Gasteiger partial charge in [0, 0.05) is 35.4 Å². The molecule has 0 aromatic heterocycles. The Labute approximate surface area is 319 Å². The van der Waals surface area contributed by atoms with Gasteiger partial charge in [0.15, 0.2) is 23.5 Å². The smallest absolute Gasteiger partial charge is 0.493 e. The largest absolute Gasteiger partial charge is 0.527 e. The van der Waals surface area contributed by atoms with Crippen molar-refractivity contribution in [1.82, 2.24) is 0 Å². The van der Waals surface area contributed by atoms with Crippen molar-refractivity contribution < 1.29 is 65.9 Å².